The molecule has 2 amide bonds. The van der Waals surface area contributed by atoms with E-state index in [1.165, 1.54) is 11.0 Å². The third-order valence-corrected chi connectivity index (χ3v) is 7.65. The van der Waals surface area contributed by atoms with Gasteiger partial charge in [-0.3, -0.25) is 19.7 Å². The number of nitro groups is 1. The van der Waals surface area contributed by atoms with Crippen LogP contribution in [-0.2, 0) is 9.59 Å². The van der Waals surface area contributed by atoms with Crippen LogP contribution in [0.4, 0.5) is 22.7 Å². The maximum Gasteiger partial charge on any atom is 0.294 e. The number of rotatable bonds is 5. The number of benzene rings is 2. The fourth-order valence-electron chi connectivity index (χ4n) is 5.79. The average molecular weight is 479 g/mol. The second-order valence-corrected chi connectivity index (χ2v) is 9.72. The van der Waals surface area contributed by atoms with E-state index in [9.17, 15) is 19.7 Å². The summed E-state index contributed by atoms with van der Waals surface area (Å²) in [5.74, 6) is 0.136. The number of para-hydroxylation sites is 2. The zero-order chi connectivity index (χ0) is 24.7. The van der Waals surface area contributed by atoms with Crippen LogP contribution in [0.25, 0.3) is 0 Å². The summed E-state index contributed by atoms with van der Waals surface area (Å²) in [4.78, 5) is 43.1. The Morgan fingerprint density at radius 2 is 1.57 bits per heavy atom. The van der Waals surface area contributed by atoms with Gasteiger partial charge in [-0.2, -0.15) is 0 Å². The number of methoxy groups -OCH3 is 1. The summed E-state index contributed by atoms with van der Waals surface area (Å²) in [6.07, 6.45) is 2.32. The molecule has 184 valence electrons. The summed E-state index contributed by atoms with van der Waals surface area (Å²) in [6, 6.07) is 12.6. The minimum atomic E-state index is -0.425. The molecule has 1 saturated carbocycles. The maximum atomic E-state index is 13.1. The smallest absolute Gasteiger partial charge is 0.294 e. The van der Waals surface area contributed by atoms with Crippen molar-refractivity contribution in [3.63, 3.8) is 0 Å². The third-order valence-electron chi connectivity index (χ3n) is 7.65. The van der Waals surface area contributed by atoms with Gasteiger partial charge in [-0.25, -0.2) is 4.90 Å². The number of ether oxygens (including phenoxy) is 1. The normalized spacial score (nSPS) is 24.5. The van der Waals surface area contributed by atoms with Gasteiger partial charge in [0.15, 0.2) is 0 Å². The highest BCUT2D eigenvalue weighted by atomic mass is 16.6. The Hall–Kier alpha value is -3.62. The van der Waals surface area contributed by atoms with Gasteiger partial charge >= 0.3 is 0 Å². The van der Waals surface area contributed by atoms with Gasteiger partial charge in [0.05, 0.1) is 35.2 Å². The highest BCUT2D eigenvalue weighted by Gasteiger charge is 2.50. The van der Waals surface area contributed by atoms with Crippen molar-refractivity contribution in [2.45, 2.75) is 26.2 Å². The first-order chi connectivity index (χ1) is 16.9. The van der Waals surface area contributed by atoms with Crippen LogP contribution in [0.15, 0.2) is 42.5 Å². The van der Waals surface area contributed by atoms with Crippen LogP contribution < -0.4 is 19.4 Å². The van der Waals surface area contributed by atoms with Gasteiger partial charge in [-0.05, 0) is 49.4 Å². The van der Waals surface area contributed by atoms with Crippen LogP contribution in [0.1, 0.15) is 26.2 Å². The van der Waals surface area contributed by atoms with Gasteiger partial charge < -0.3 is 14.5 Å². The van der Waals surface area contributed by atoms with Gasteiger partial charge in [0.2, 0.25) is 11.8 Å². The first-order valence-corrected chi connectivity index (χ1v) is 12.2. The Bertz CT molecular complexity index is 1160. The van der Waals surface area contributed by atoms with Crippen LogP contribution in [0.5, 0.6) is 5.75 Å². The number of fused-ring (bicyclic) bond motifs is 1. The number of imide groups is 1. The second-order valence-electron chi connectivity index (χ2n) is 9.72. The molecule has 0 aromatic heterocycles. The van der Waals surface area contributed by atoms with Crippen LogP contribution in [0.3, 0.4) is 0 Å². The molecule has 9 nitrogen and oxygen atoms in total. The van der Waals surface area contributed by atoms with E-state index in [2.05, 4.69) is 11.8 Å². The molecule has 0 bridgehead atoms. The van der Waals surface area contributed by atoms with Crippen molar-refractivity contribution in [3.8, 4) is 5.75 Å². The molecule has 3 aliphatic rings. The van der Waals surface area contributed by atoms with E-state index in [4.69, 9.17) is 4.74 Å². The number of nitro benzene ring substituents is 1. The molecule has 2 aromatic rings. The molecule has 3 fully saturated rings. The fraction of sp³-hybridized carbons (Fsp3) is 0.462. The van der Waals surface area contributed by atoms with Crippen LogP contribution >= 0.6 is 0 Å². The lowest BCUT2D eigenvalue weighted by Crippen LogP contribution is -2.46. The minimum absolute atomic E-state index is 0.0860. The average Bonchev–Trinajstić information content (AvgIpc) is 3.12. The second kappa shape index (κ2) is 9.20. The summed E-state index contributed by atoms with van der Waals surface area (Å²) in [5, 5.41) is 12.0. The van der Waals surface area contributed by atoms with Gasteiger partial charge in [0.25, 0.3) is 5.69 Å². The van der Waals surface area contributed by atoms with Crippen molar-refractivity contribution in [1.82, 2.24) is 0 Å². The monoisotopic (exact) mass is 478 g/mol. The molecule has 0 radical (unpaired) electrons. The first kappa shape index (κ1) is 23.1. The van der Waals surface area contributed by atoms with Crippen molar-refractivity contribution in [2.24, 2.45) is 17.8 Å². The summed E-state index contributed by atoms with van der Waals surface area (Å²) in [7, 11) is 1.64. The Morgan fingerprint density at radius 3 is 2.26 bits per heavy atom. The molecule has 1 aliphatic carbocycles. The molecule has 2 saturated heterocycles. The van der Waals surface area contributed by atoms with E-state index in [-0.39, 0.29) is 29.3 Å². The Kier molecular flexibility index (Phi) is 6.08. The van der Waals surface area contributed by atoms with E-state index in [0.717, 1.165) is 17.9 Å². The summed E-state index contributed by atoms with van der Waals surface area (Å²) in [6.45, 7) is 4.67. The van der Waals surface area contributed by atoms with E-state index in [0.29, 0.717) is 56.3 Å². The van der Waals surface area contributed by atoms with E-state index in [1.807, 2.05) is 29.2 Å². The number of piperazine rings is 1. The van der Waals surface area contributed by atoms with Gasteiger partial charge in [0.1, 0.15) is 11.4 Å². The number of carbonyl (C=O) groups is 2. The number of hydrogen-bond acceptors (Lipinski definition) is 7. The molecule has 35 heavy (non-hydrogen) atoms. The molecule has 5 rings (SSSR count). The van der Waals surface area contributed by atoms with Gasteiger partial charge in [-0.15, -0.1) is 0 Å². The van der Waals surface area contributed by atoms with E-state index < -0.39 is 4.92 Å². The lowest BCUT2D eigenvalue weighted by Gasteiger charge is -2.37. The number of carbonyl (C=O) groups excluding carboxylic acids is 2. The molecule has 2 heterocycles. The third kappa shape index (κ3) is 4.09. The van der Waals surface area contributed by atoms with Gasteiger partial charge in [0, 0.05) is 32.2 Å². The number of nitrogens with zero attached hydrogens (tertiary/aromatic N) is 4. The highest BCUT2D eigenvalue weighted by Crippen LogP contribution is 2.43. The quantitative estimate of drug-likeness (QED) is 0.366. The standard InChI is InChI=1S/C26H30N4O5/c1-17-7-9-19-20(15-17)26(32)29(25(19)31)18-8-10-21(23(16-18)30(33)34)27-11-13-28(14-12-27)22-5-3-4-6-24(22)35-2/h3-6,8,10,16-17,19-20H,7,9,11-15H2,1-2H3. The minimum Gasteiger partial charge on any atom is -0.495 e. The Balaban J connectivity index is 1.37. The predicted molar refractivity (Wildman–Crippen MR) is 133 cm³/mol. The number of amides is 2. The first-order valence-electron chi connectivity index (χ1n) is 12.2. The lowest BCUT2D eigenvalue weighted by atomic mass is 9.76. The molecular weight excluding hydrogens is 448 g/mol. The highest BCUT2D eigenvalue weighted by molar-refractivity contribution is 6.22. The zero-order valence-electron chi connectivity index (χ0n) is 20.1. The van der Waals surface area contributed by atoms with Crippen LogP contribution in [0, 0.1) is 27.9 Å². The Labute approximate surface area is 204 Å². The molecule has 0 N–H and O–H groups in total. The number of anilines is 3. The molecule has 9 heteroatoms. The van der Waals surface area contributed by atoms with Gasteiger partial charge in [-0.1, -0.05) is 19.1 Å². The van der Waals surface area contributed by atoms with Crippen molar-refractivity contribution in [1.29, 1.82) is 0 Å². The van der Waals surface area contributed by atoms with Crippen LogP contribution in [0.2, 0.25) is 0 Å². The van der Waals surface area contributed by atoms with Crippen molar-refractivity contribution < 1.29 is 19.2 Å². The zero-order valence-corrected chi connectivity index (χ0v) is 20.1. The maximum absolute atomic E-state index is 13.1. The van der Waals surface area contributed by atoms with Crippen molar-refractivity contribution >= 4 is 34.6 Å². The molecule has 2 aromatic carbocycles. The van der Waals surface area contributed by atoms with Crippen molar-refractivity contribution in [2.75, 3.05) is 48.0 Å². The summed E-state index contributed by atoms with van der Waals surface area (Å²) in [5.41, 5.74) is 1.71. The number of hydrogen-bond donors (Lipinski definition) is 0. The molecule has 3 unspecified atom stereocenters. The largest absolute Gasteiger partial charge is 0.495 e. The van der Waals surface area contributed by atoms with E-state index in [1.54, 1.807) is 19.2 Å². The predicted octanol–water partition coefficient (Wildman–Crippen LogP) is 3.86. The summed E-state index contributed by atoms with van der Waals surface area (Å²) >= 11 is 0. The SMILES string of the molecule is COc1ccccc1N1CCN(c2ccc(N3C(=O)C4CCC(C)CC4C3=O)cc2[N+](=O)[O-])CC1. The van der Waals surface area contributed by atoms with Crippen molar-refractivity contribution in [3.05, 3.63) is 52.6 Å². The molecular formula is C26H30N4O5. The summed E-state index contributed by atoms with van der Waals surface area (Å²) < 4.78 is 5.48. The topological polar surface area (TPSA) is 96.2 Å². The van der Waals surface area contributed by atoms with E-state index >= 15 is 0 Å². The molecule has 3 atom stereocenters. The lowest BCUT2D eigenvalue weighted by molar-refractivity contribution is -0.384. The van der Waals surface area contributed by atoms with Crippen LogP contribution in [-0.4, -0.2) is 50.0 Å². The molecule has 0 spiro atoms. The Morgan fingerprint density at radius 1 is 0.914 bits per heavy atom. The molecule has 2 aliphatic heterocycles. The fourth-order valence-corrected chi connectivity index (χ4v) is 5.79.